The molecule has 0 aromatic carbocycles. The summed E-state index contributed by atoms with van der Waals surface area (Å²) in [6.07, 6.45) is 3.86. The third-order valence-electron chi connectivity index (χ3n) is 2.43. The van der Waals surface area contributed by atoms with Crippen LogP contribution in [0.3, 0.4) is 0 Å². The molecule has 1 aliphatic heterocycles. The van der Waals surface area contributed by atoms with Gasteiger partial charge in [-0.25, -0.2) is 0 Å². The van der Waals surface area contributed by atoms with Gasteiger partial charge in [0.2, 0.25) is 0 Å². The maximum atomic E-state index is 5.69. The van der Waals surface area contributed by atoms with E-state index < -0.39 is 0 Å². The monoisotopic (exact) mass is 175 g/mol. The van der Waals surface area contributed by atoms with Crippen LogP contribution in [0.1, 0.15) is 26.2 Å². The van der Waals surface area contributed by atoms with E-state index in [1.54, 1.807) is 0 Å². The zero-order valence-corrected chi connectivity index (χ0v) is 8.11. The molecular formula is C9H18ClN. The van der Waals surface area contributed by atoms with Crippen molar-refractivity contribution >= 4 is 11.6 Å². The number of hydrogen-bond acceptors (Lipinski definition) is 1. The Morgan fingerprint density at radius 1 is 1.55 bits per heavy atom. The molecule has 2 heteroatoms. The van der Waals surface area contributed by atoms with Crippen molar-refractivity contribution in [3.63, 3.8) is 0 Å². The van der Waals surface area contributed by atoms with Crippen molar-refractivity contribution in [2.45, 2.75) is 26.2 Å². The lowest BCUT2D eigenvalue weighted by Crippen LogP contribution is -2.21. The van der Waals surface area contributed by atoms with Gasteiger partial charge in [0, 0.05) is 12.4 Å². The summed E-state index contributed by atoms with van der Waals surface area (Å²) in [5.41, 5.74) is 0. The molecule has 1 rings (SSSR count). The minimum absolute atomic E-state index is 0.838. The topological polar surface area (TPSA) is 3.24 Å². The summed E-state index contributed by atoms with van der Waals surface area (Å²) in [6.45, 7) is 6.11. The first kappa shape index (κ1) is 9.34. The van der Waals surface area contributed by atoms with Gasteiger partial charge in [-0.05, 0) is 38.3 Å². The average molecular weight is 176 g/mol. The standard InChI is InChI=1S/C9H18ClN/c1-2-6-11-7-4-9(8-11)3-5-10/h9H,2-8H2,1H3. The lowest BCUT2D eigenvalue weighted by molar-refractivity contribution is 0.323. The minimum atomic E-state index is 0.838. The van der Waals surface area contributed by atoms with Crippen LogP contribution in [0.25, 0.3) is 0 Å². The second kappa shape index (κ2) is 5.00. The Balaban J connectivity index is 2.12. The van der Waals surface area contributed by atoms with Crippen LogP contribution in [0, 0.1) is 5.92 Å². The van der Waals surface area contributed by atoms with E-state index >= 15 is 0 Å². The third-order valence-corrected chi connectivity index (χ3v) is 2.65. The zero-order chi connectivity index (χ0) is 8.10. The largest absolute Gasteiger partial charge is 0.303 e. The molecule has 1 aliphatic rings. The van der Waals surface area contributed by atoms with Gasteiger partial charge in [0.1, 0.15) is 0 Å². The molecule has 11 heavy (non-hydrogen) atoms. The highest BCUT2D eigenvalue weighted by molar-refractivity contribution is 6.17. The summed E-state index contributed by atoms with van der Waals surface area (Å²) in [4.78, 5) is 2.55. The second-order valence-electron chi connectivity index (χ2n) is 3.43. The van der Waals surface area contributed by atoms with Crippen molar-refractivity contribution < 1.29 is 0 Å². The zero-order valence-electron chi connectivity index (χ0n) is 7.35. The number of halogens is 1. The number of hydrogen-bond donors (Lipinski definition) is 0. The minimum Gasteiger partial charge on any atom is -0.303 e. The summed E-state index contributed by atoms with van der Waals surface area (Å²) in [5.74, 6) is 1.73. The fraction of sp³-hybridized carbons (Fsp3) is 1.00. The van der Waals surface area contributed by atoms with Gasteiger partial charge in [0.05, 0.1) is 0 Å². The first-order valence-electron chi connectivity index (χ1n) is 4.65. The third kappa shape index (κ3) is 3.00. The Kier molecular flexibility index (Phi) is 4.24. The normalized spacial score (nSPS) is 26.2. The SMILES string of the molecule is CCCN1CCC(CCCl)C1. The highest BCUT2D eigenvalue weighted by Crippen LogP contribution is 2.19. The molecule has 1 fully saturated rings. The predicted octanol–water partition coefficient (Wildman–Crippen LogP) is 2.35. The van der Waals surface area contributed by atoms with Crippen LogP contribution in [0.4, 0.5) is 0 Å². The summed E-state index contributed by atoms with van der Waals surface area (Å²) < 4.78 is 0. The van der Waals surface area contributed by atoms with Gasteiger partial charge in [0.25, 0.3) is 0 Å². The van der Waals surface area contributed by atoms with Crippen molar-refractivity contribution in [1.29, 1.82) is 0 Å². The van der Waals surface area contributed by atoms with Gasteiger partial charge >= 0.3 is 0 Å². The van der Waals surface area contributed by atoms with Crippen molar-refractivity contribution in [2.75, 3.05) is 25.5 Å². The van der Waals surface area contributed by atoms with E-state index in [-0.39, 0.29) is 0 Å². The van der Waals surface area contributed by atoms with E-state index in [4.69, 9.17) is 11.6 Å². The molecule has 0 aromatic heterocycles. The molecule has 66 valence electrons. The Labute approximate surface area is 74.7 Å². The molecule has 0 aliphatic carbocycles. The van der Waals surface area contributed by atoms with E-state index in [0.717, 1.165) is 11.8 Å². The molecular weight excluding hydrogens is 158 g/mol. The van der Waals surface area contributed by atoms with Gasteiger partial charge in [-0.1, -0.05) is 6.92 Å². The van der Waals surface area contributed by atoms with Gasteiger partial charge in [-0.2, -0.15) is 0 Å². The number of nitrogens with zero attached hydrogens (tertiary/aromatic N) is 1. The number of alkyl halides is 1. The molecule has 0 spiro atoms. The highest BCUT2D eigenvalue weighted by atomic mass is 35.5. The van der Waals surface area contributed by atoms with Crippen molar-refractivity contribution in [2.24, 2.45) is 5.92 Å². The Morgan fingerprint density at radius 2 is 2.36 bits per heavy atom. The molecule has 0 aromatic rings. The second-order valence-corrected chi connectivity index (χ2v) is 3.81. The molecule has 1 atom stereocenters. The van der Waals surface area contributed by atoms with E-state index in [2.05, 4.69) is 11.8 Å². The molecule has 1 heterocycles. The van der Waals surface area contributed by atoms with Crippen LogP contribution in [-0.4, -0.2) is 30.4 Å². The lowest BCUT2D eigenvalue weighted by atomic mass is 10.1. The van der Waals surface area contributed by atoms with E-state index in [1.165, 1.54) is 38.9 Å². The van der Waals surface area contributed by atoms with Gasteiger partial charge < -0.3 is 4.90 Å². The Hall–Kier alpha value is 0.250. The maximum Gasteiger partial charge on any atom is 0.0226 e. The highest BCUT2D eigenvalue weighted by Gasteiger charge is 2.20. The summed E-state index contributed by atoms with van der Waals surface area (Å²) in [5, 5.41) is 0. The van der Waals surface area contributed by atoms with Crippen LogP contribution in [0.2, 0.25) is 0 Å². The van der Waals surface area contributed by atoms with E-state index in [0.29, 0.717) is 0 Å². The lowest BCUT2D eigenvalue weighted by Gasteiger charge is -2.13. The van der Waals surface area contributed by atoms with Crippen molar-refractivity contribution in [3.05, 3.63) is 0 Å². The fourth-order valence-electron chi connectivity index (χ4n) is 1.82. The van der Waals surface area contributed by atoms with Crippen LogP contribution in [0.5, 0.6) is 0 Å². The van der Waals surface area contributed by atoms with Gasteiger partial charge in [-0.3, -0.25) is 0 Å². The smallest absolute Gasteiger partial charge is 0.0226 e. The van der Waals surface area contributed by atoms with Crippen molar-refractivity contribution in [1.82, 2.24) is 4.90 Å². The number of likely N-dealkylation sites (tertiary alicyclic amines) is 1. The fourth-order valence-corrected chi connectivity index (χ4v) is 2.13. The molecule has 0 amide bonds. The molecule has 1 nitrogen and oxygen atoms in total. The molecule has 0 bridgehead atoms. The first-order chi connectivity index (χ1) is 5.36. The molecule has 0 radical (unpaired) electrons. The molecule has 1 unspecified atom stereocenters. The van der Waals surface area contributed by atoms with E-state index in [1.807, 2.05) is 0 Å². The molecule has 1 saturated heterocycles. The maximum absolute atomic E-state index is 5.69. The summed E-state index contributed by atoms with van der Waals surface area (Å²) in [7, 11) is 0. The predicted molar refractivity (Wildman–Crippen MR) is 50.2 cm³/mol. The Bertz CT molecular complexity index is 93.7. The first-order valence-corrected chi connectivity index (χ1v) is 5.18. The quantitative estimate of drug-likeness (QED) is 0.593. The van der Waals surface area contributed by atoms with Gasteiger partial charge in [0.15, 0.2) is 0 Å². The van der Waals surface area contributed by atoms with Crippen molar-refractivity contribution in [3.8, 4) is 0 Å². The summed E-state index contributed by atoms with van der Waals surface area (Å²) in [6, 6.07) is 0. The molecule has 0 N–H and O–H groups in total. The van der Waals surface area contributed by atoms with Gasteiger partial charge in [-0.15, -0.1) is 11.6 Å². The molecule has 0 saturated carbocycles. The van der Waals surface area contributed by atoms with E-state index in [9.17, 15) is 0 Å². The van der Waals surface area contributed by atoms with Crippen LogP contribution >= 0.6 is 11.6 Å². The van der Waals surface area contributed by atoms with Crippen LogP contribution in [0.15, 0.2) is 0 Å². The van der Waals surface area contributed by atoms with Crippen LogP contribution < -0.4 is 0 Å². The summed E-state index contributed by atoms with van der Waals surface area (Å²) >= 11 is 5.69. The van der Waals surface area contributed by atoms with Crippen LogP contribution in [-0.2, 0) is 0 Å². The Morgan fingerprint density at radius 3 is 3.00 bits per heavy atom. The average Bonchev–Trinajstić information content (AvgIpc) is 2.38. The number of rotatable bonds is 4.